The topological polar surface area (TPSA) is 199 Å². The van der Waals surface area contributed by atoms with Crippen LogP contribution in [0.25, 0.3) is 0 Å². The van der Waals surface area contributed by atoms with Gasteiger partial charge in [-0.3, -0.25) is 0 Å². The molecular weight excluding hydrogens is 383 g/mol. The molecule has 0 rings (SSSR count). The summed E-state index contributed by atoms with van der Waals surface area (Å²) in [5.74, 6) is -7.88. The second kappa shape index (κ2) is 13.3. The Morgan fingerprint density at radius 1 is 0.913 bits per heavy atom. The van der Waals surface area contributed by atoms with Crippen molar-refractivity contribution in [2.45, 2.75) is 24.8 Å². The first-order valence-corrected chi connectivity index (χ1v) is 5.87. The maximum absolute atomic E-state index is 10.8. The molecule has 0 aliphatic carbocycles. The van der Waals surface area contributed by atoms with E-state index in [0.717, 1.165) is 0 Å². The van der Waals surface area contributed by atoms with Gasteiger partial charge >= 0.3 is 68.5 Å². The summed E-state index contributed by atoms with van der Waals surface area (Å²) in [7, 11) is 0. The molecule has 0 aromatic heterocycles. The van der Waals surface area contributed by atoms with Crippen LogP contribution in [0.2, 0.25) is 0 Å². The van der Waals surface area contributed by atoms with Gasteiger partial charge in [0, 0.05) is 42.8 Å². The van der Waals surface area contributed by atoms with Gasteiger partial charge in [0.05, 0.1) is 5.97 Å². The second-order valence-electron chi connectivity index (χ2n) is 4.49. The minimum atomic E-state index is -1.97. The standard InChI is InChI=1S/C11H18N2O8.Fe.K/c12-4-6(1-7(14)15)11(2-8(16)17,3-9(18)19)13-5-10(20)21;;/h6,13H,1-5,12H2,(H,14,15)(H,16,17)(H,18,19)(H,20,21);;/q;+3;+1/p-4. The number of carboxylic acids is 4. The van der Waals surface area contributed by atoms with Crippen LogP contribution < -0.4 is 82.9 Å². The van der Waals surface area contributed by atoms with Gasteiger partial charge in [-0.2, -0.15) is 0 Å². The Morgan fingerprint density at radius 2 is 1.35 bits per heavy atom. The molecular formula is C11H14FeKN2O8. The first-order valence-electron chi connectivity index (χ1n) is 5.87. The van der Waals surface area contributed by atoms with Gasteiger partial charge in [-0.1, -0.05) is 0 Å². The molecule has 0 saturated heterocycles. The van der Waals surface area contributed by atoms with Gasteiger partial charge in [0.2, 0.25) is 0 Å². The fourth-order valence-corrected chi connectivity index (χ4v) is 2.09. The van der Waals surface area contributed by atoms with Gasteiger partial charge in [-0.15, -0.1) is 0 Å². The van der Waals surface area contributed by atoms with Crippen LogP contribution in [0.4, 0.5) is 0 Å². The Labute approximate surface area is 185 Å². The Morgan fingerprint density at radius 3 is 1.61 bits per heavy atom. The van der Waals surface area contributed by atoms with Crippen molar-refractivity contribution in [3.05, 3.63) is 0 Å². The molecule has 3 N–H and O–H groups in total. The van der Waals surface area contributed by atoms with Gasteiger partial charge in [0.25, 0.3) is 0 Å². The van der Waals surface area contributed by atoms with Crippen LogP contribution >= 0.6 is 0 Å². The second-order valence-corrected chi connectivity index (χ2v) is 4.49. The summed E-state index contributed by atoms with van der Waals surface area (Å²) in [6, 6.07) is 0. The number of hydrogen-bond donors (Lipinski definition) is 2. The smallest absolute Gasteiger partial charge is 0.550 e. The number of aliphatic carboxylic acids is 4. The zero-order valence-electron chi connectivity index (χ0n) is 12.3. The summed E-state index contributed by atoms with van der Waals surface area (Å²) in [6.45, 7) is -1.32. The molecule has 0 aromatic rings. The van der Waals surface area contributed by atoms with E-state index in [4.69, 9.17) is 5.73 Å². The Balaban J connectivity index is -0.00000200. The number of nitrogens with two attached hydrogens (primary N) is 1. The quantitative estimate of drug-likeness (QED) is 0.316. The van der Waals surface area contributed by atoms with Gasteiger partial charge in [-0.25, -0.2) is 0 Å². The molecule has 0 saturated carbocycles. The van der Waals surface area contributed by atoms with Crippen molar-refractivity contribution in [3.8, 4) is 0 Å². The third kappa shape index (κ3) is 11.2. The van der Waals surface area contributed by atoms with Crippen molar-refractivity contribution in [3.63, 3.8) is 0 Å². The van der Waals surface area contributed by atoms with E-state index in [1.807, 2.05) is 0 Å². The number of carboxylic acid groups (broad SMARTS) is 4. The third-order valence-electron chi connectivity index (χ3n) is 2.98. The maximum Gasteiger partial charge on any atom is 3.00 e. The number of carbonyl (C=O) groups excluding carboxylic acids is 4. The zero-order valence-corrected chi connectivity index (χ0v) is 16.5. The van der Waals surface area contributed by atoms with E-state index in [-0.39, 0.29) is 68.5 Å². The van der Waals surface area contributed by atoms with E-state index in [1.54, 1.807) is 0 Å². The van der Waals surface area contributed by atoms with Gasteiger partial charge in [-0.05, 0) is 18.9 Å². The Bertz CT molecular complexity index is 418. The van der Waals surface area contributed by atoms with Crippen molar-refractivity contribution in [1.29, 1.82) is 0 Å². The van der Waals surface area contributed by atoms with Crippen LogP contribution in [-0.4, -0.2) is 42.5 Å². The molecule has 1 atom stereocenters. The van der Waals surface area contributed by atoms with Crippen LogP contribution in [0.1, 0.15) is 19.3 Å². The number of hydrogen-bond acceptors (Lipinski definition) is 10. The van der Waals surface area contributed by atoms with E-state index < -0.39 is 67.7 Å². The first-order chi connectivity index (χ1) is 9.62. The first kappa shape index (κ1) is 27.8. The summed E-state index contributed by atoms with van der Waals surface area (Å²) in [6.07, 6.45) is -2.70. The van der Waals surface area contributed by atoms with Crippen LogP contribution in [0, 0.1) is 5.92 Å². The summed E-state index contributed by atoms with van der Waals surface area (Å²) in [5, 5.41) is 45.0. The molecule has 0 spiro atoms. The minimum absolute atomic E-state index is 0. The largest absolute Gasteiger partial charge is 3.00 e. The number of nitrogens with one attached hydrogen (secondary N) is 1. The minimum Gasteiger partial charge on any atom is -0.550 e. The van der Waals surface area contributed by atoms with Gasteiger partial charge < -0.3 is 50.7 Å². The number of carbonyl (C=O) groups is 4. The molecule has 0 amide bonds. The predicted octanol–water partition coefficient (Wildman–Crippen LogP) is -9.94. The monoisotopic (exact) mass is 397 g/mol. The van der Waals surface area contributed by atoms with Crippen molar-refractivity contribution in [1.82, 2.24) is 5.32 Å². The molecule has 125 valence electrons. The van der Waals surface area contributed by atoms with E-state index in [9.17, 15) is 39.6 Å². The Hall–Kier alpha value is -0.0442. The molecule has 23 heavy (non-hydrogen) atoms. The van der Waals surface area contributed by atoms with Gasteiger partial charge in [0.1, 0.15) is 0 Å². The van der Waals surface area contributed by atoms with Crippen molar-refractivity contribution >= 4 is 23.9 Å². The molecule has 0 aromatic carbocycles. The van der Waals surface area contributed by atoms with Crippen molar-refractivity contribution in [2.75, 3.05) is 13.1 Å². The third-order valence-corrected chi connectivity index (χ3v) is 2.98. The SMILES string of the molecule is NCC(CC(=O)[O-])C(CC(=O)[O-])(CC(=O)[O-])NCC(=O)[O-].[Fe+3].[K+]. The Kier molecular flexibility index (Phi) is 16.0. The van der Waals surface area contributed by atoms with E-state index in [1.165, 1.54) is 0 Å². The average Bonchev–Trinajstić information content (AvgIpc) is 2.31. The van der Waals surface area contributed by atoms with Crippen LogP contribution in [-0.2, 0) is 36.2 Å². The molecule has 1 radical (unpaired) electrons. The molecule has 0 heterocycles. The van der Waals surface area contributed by atoms with Crippen molar-refractivity contribution < 1.29 is 108 Å². The average molecular weight is 397 g/mol. The van der Waals surface area contributed by atoms with Gasteiger partial charge in [0.15, 0.2) is 0 Å². The molecule has 0 aliphatic rings. The summed E-state index contributed by atoms with van der Waals surface area (Å²) in [4.78, 5) is 42.8. The van der Waals surface area contributed by atoms with E-state index in [2.05, 4.69) is 5.32 Å². The number of rotatable bonds is 11. The zero-order chi connectivity index (χ0) is 16.6. The molecule has 0 bridgehead atoms. The van der Waals surface area contributed by atoms with Crippen LogP contribution in [0.5, 0.6) is 0 Å². The maximum atomic E-state index is 10.8. The summed E-state index contributed by atoms with van der Waals surface area (Å²) in [5.41, 5.74) is 3.38. The van der Waals surface area contributed by atoms with Crippen LogP contribution in [0.15, 0.2) is 0 Å². The fraction of sp³-hybridized carbons (Fsp3) is 0.636. The van der Waals surface area contributed by atoms with Crippen LogP contribution in [0.3, 0.4) is 0 Å². The fourth-order valence-electron chi connectivity index (χ4n) is 2.09. The summed E-state index contributed by atoms with van der Waals surface area (Å²) >= 11 is 0. The summed E-state index contributed by atoms with van der Waals surface area (Å²) < 4.78 is 0. The molecule has 10 nitrogen and oxygen atoms in total. The van der Waals surface area contributed by atoms with Crippen molar-refractivity contribution in [2.24, 2.45) is 11.7 Å². The van der Waals surface area contributed by atoms with E-state index in [0.29, 0.717) is 0 Å². The molecule has 1 unspecified atom stereocenters. The molecule has 0 aliphatic heterocycles. The molecule has 0 fully saturated rings. The normalized spacial score (nSPS) is 11.5. The predicted molar refractivity (Wildman–Crippen MR) is 57.2 cm³/mol. The van der Waals surface area contributed by atoms with E-state index >= 15 is 0 Å². The molecule has 12 heteroatoms.